The Balaban J connectivity index is 1.31. The molecule has 6 rings (SSSR count). The molecule has 0 saturated carbocycles. The molecule has 40 heavy (non-hydrogen) atoms. The molecule has 0 atom stereocenters. The number of benzene rings is 2. The quantitative estimate of drug-likeness (QED) is 0.483. The fourth-order valence-corrected chi connectivity index (χ4v) is 5.27. The molecule has 0 spiro atoms. The number of fused-ring (bicyclic) bond motifs is 3. The number of guanidine groups is 1. The van der Waals surface area contributed by atoms with E-state index in [0.717, 1.165) is 61.3 Å². The molecule has 1 fully saturated rings. The minimum atomic E-state index is -4.88. The van der Waals surface area contributed by atoms with Gasteiger partial charge in [0.15, 0.2) is 5.82 Å². The van der Waals surface area contributed by atoms with Crippen LogP contribution in [0, 0.1) is 12.7 Å². The highest BCUT2D eigenvalue weighted by molar-refractivity contribution is 6.31. The highest BCUT2D eigenvalue weighted by Gasteiger charge is 2.45. The number of likely N-dealkylation sites (N-methyl/N-ethyl adjacent to an activating group) is 1. The zero-order chi connectivity index (χ0) is 28.2. The summed E-state index contributed by atoms with van der Waals surface area (Å²) in [6.07, 6.45) is -3.64. The number of aliphatic imine (C=N–C) groups is 1. The van der Waals surface area contributed by atoms with Gasteiger partial charge >= 0.3 is 6.18 Å². The number of aromatic nitrogens is 2. The molecule has 0 aliphatic carbocycles. The van der Waals surface area contributed by atoms with Crippen molar-refractivity contribution in [3.63, 3.8) is 0 Å². The molecular weight excluding hydrogens is 528 g/mol. The number of alkyl halides is 3. The third kappa shape index (κ3) is 4.49. The van der Waals surface area contributed by atoms with Crippen LogP contribution in [0.25, 0.3) is 0 Å². The average molecular weight is 555 g/mol. The second kappa shape index (κ2) is 9.73. The third-order valence-corrected chi connectivity index (χ3v) is 7.29. The van der Waals surface area contributed by atoms with Crippen LogP contribution in [-0.2, 0) is 6.18 Å². The highest BCUT2D eigenvalue weighted by Crippen LogP contribution is 2.41. The first-order valence-corrected chi connectivity index (χ1v) is 12.8. The van der Waals surface area contributed by atoms with Crippen LogP contribution < -0.4 is 20.0 Å². The number of hydrogen-bond acceptors (Lipinski definition) is 8. The number of halogens is 4. The molecule has 1 aromatic heterocycles. The molecule has 9 nitrogen and oxygen atoms in total. The Kier molecular flexibility index (Phi) is 6.32. The van der Waals surface area contributed by atoms with Gasteiger partial charge in [0, 0.05) is 50.3 Å². The van der Waals surface area contributed by atoms with Crippen LogP contribution in [0.5, 0.6) is 0 Å². The molecule has 3 aliphatic heterocycles. The molecule has 3 aliphatic rings. The van der Waals surface area contributed by atoms with Crippen molar-refractivity contribution in [1.29, 1.82) is 0 Å². The van der Waals surface area contributed by atoms with Gasteiger partial charge in [-0.2, -0.15) is 18.2 Å². The second-order valence-corrected chi connectivity index (χ2v) is 9.96. The van der Waals surface area contributed by atoms with Crippen LogP contribution >= 0.6 is 0 Å². The van der Waals surface area contributed by atoms with E-state index in [-0.39, 0.29) is 36.4 Å². The standard InChI is InChI=1S/C27H26F4N8O/c1-16-14-17(6-7-21(16)37-12-10-36(2)11-13-37)34-25-33-15-18-23(35-25)38-9-8-32-26(38)39(24(18)40)22-19(27(29,30)31)4-3-5-20(22)28/h3-7,14-15H,8-13H2,1-2H3,(H,33,34,35). The smallest absolute Gasteiger partial charge is 0.369 e. The van der Waals surface area contributed by atoms with Crippen molar-refractivity contribution in [2.24, 2.45) is 4.99 Å². The predicted molar refractivity (Wildman–Crippen MR) is 144 cm³/mol. The molecule has 1 amide bonds. The molecule has 208 valence electrons. The Labute approximate surface area is 227 Å². The molecular formula is C27H26F4N8O. The maximum absolute atomic E-state index is 14.9. The summed E-state index contributed by atoms with van der Waals surface area (Å²) in [6.45, 7) is 6.37. The Morgan fingerprint density at radius 3 is 2.52 bits per heavy atom. The number of amides is 1. The topological polar surface area (TPSA) is 80.2 Å². The molecule has 1 saturated heterocycles. The molecule has 4 heterocycles. The second-order valence-electron chi connectivity index (χ2n) is 9.96. The van der Waals surface area contributed by atoms with Gasteiger partial charge in [-0.25, -0.2) is 14.3 Å². The molecule has 1 N–H and O–H groups in total. The minimum Gasteiger partial charge on any atom is -0.369 e. The SMILES string of the molecule is Cc1cc(Nc2ncc3c(n2)N2CCN=C2N(c2c(F)cccc2C(F)(F)F)C3=O)ccc1N1CCN(C)CC1. The molecule has 0 radical (unpaired) electrons. The van der Waals surface area contributed by atoms with Crippen LogP contribution in [0.15, 0.2) is 47.6 Å². The van der Waals surface area contributed by atoms with Gasteiger partial charge in [-0.3, -0.25) is 14.7 Å². The fourth-order valence-electron chi connectivity index (χ4n) is 5.27. The van der Waals surface area contributed by atoms with Crippen molar-refractivity contribution < 1.29 is 22.4 Å². The number of piperazine rings is 1. The number of anilines is 5. The lowest BCUT2D eigenvalue weighted by atomic mass is 10.1. The maximum Gasteiger partial charge on any atom is 0.418 e. The average Bonchev–Trinajstić information content (AvgIpc) is 3.40. The van der Waals surface area contributed by atoms with E-state index in [1.165, 1.54) is 11.1 Å². The van der Waals surface area contributed by atoms with E-state index < -0.39 is 29.2 Å². The lowest BCUT2D eigenvalue weighted by Crippen LogP contribution is -2.51. The number of nitrogens with one attached hydrogen (secondary N) is 1. The number of carbonyl (C=O) groups excluding carboxylic acids is 1. The zero-order valence-corrected chi connectivity index (χ0v) is 21.8. The van der Waals surface area contributed by atoms with Crippen molar-refractivity contribution >= 4 is 40.7 Å². The van der Waals surface area contributed by atoms with Gasteiger partial charge in [-0.15, -0.1) is 0 Å². The van der Waals surface area contributed by atoms with E-state index in [0.29, 0.717) is 4.90 Å². The predicted octanol–water partition coefficient (Wildman–Crippen LogP) is 4.27. The normalized spacial score (nSPS) is 17.6. The Morgan fingerprint density at radius 2 is 1.80 bits per heavy atom. The Hall–Kier alpha value is -4.26. The molecule has 2 aromatic carbocycles. The maximum atomic E-state index is 14.9. The van der Waals surface area contributed by atoms with Crippen LogP contribution in [0.4, 0.5) is 46.4 Å². The Morgan fingerprint density at radius 1 is 1.02 bits per heavy atom. The van der Waals surface area contributed by atoms with Crippen molar-refractivity contribution in [2.45, 2.75) is 13.1 Å². The Bertz CT molecular complexity index is 1520. The summed E-state index contributed by atoms with van der Waals surface area (Å²) in [6, 6.07) is 8.54. The van der Waals surface area contributed by atoms with Crippen LogP contribution in [0.2, 0.25) is 0 Å². The van der Waals surface area contributed by atoms with Crippen molar-refractivity contribution in [3.8, 4) is 0 Å². The number of rotatable bonds is 4. The number of aryl methyl sites for hydroxylation is 1. The van der Waals surface area contributed by atoms with Gasteiger partial charge in [0.25, 0.3) is 5.91 Å². The van der Waals surface area contributed by atoms with Crippen LogP contribution in [-0.4, -0.2) is 73.1 Å². The number of hydrogen-bond donors (Lipinski definition) is 1. The van der Waals surface area contributed by atoms with E-state index in [1.54, 1.807) is 0 Å². The number of nitrogens with zero attached hydrogens (tertiary/aromatic N) is 7. The van der Waals surface area contributed by atoms with Gasteiger partial charge in [0.05, 0.1) is 12.1 Å². The largest absolute Gasteiger partial charge is 0.418 e. The van der Waals surface area contributed by atoms with Gasteiger partial charge < -0.3 is 15.1 Å². The van der Waals surface area contributed by atoms with E-state index in [2.05, 4.69) is 37.1 Å². The van der Waals surface area contributed by atoms with E-state index in [9.17, 15) is 22.4 Å². The highest BCUT2D eigenvalue weighted by atomic mass is 19.4. The minimum absolute atomic E-state index is 0.0515. The van der Waals surface area contributed by atoms with Crippen molar-refractivity contribution in [2.75, 3.05) is 66.3 Å². The molecule has 0 unspecified atom stereocenters. The van der Waals surface area contributed by atoms with Gasteiger partial charge in [0.1, 0.15) is 17.1 Å². The third-order valence-electron chi connectivity index (χ3n) is 7.29. The van der Waals surface area contributed by atoms with Gasteiger partial charge in [-0.1, -0.05) is 6.07 Å². The van der Waals surface area contributed by atoms with E-state index in [4.69, 9.17) is 0 Å². The molecule has 0 bridgehead atoms. The monoisotopic (exact) mass is 554 g/mol. The first kappa shape index (κ1) is 26.0. The van der Waals surface area contributed by atoms with Crippen molar-refractivity contribution in [1.82, 2.24) is 14.9 Å². The number of carbonyl (C=O) groups is 1. The summed E-state index contributed by atoms with van der Waals surface area (Å²) >= 11 is 0. The van der Waals surface area contributed by atoms with E-state index >= 15 is 0 Å². The summed E-state index contributed by atoms with van der Waals surface area (Å²) in [5.41, 5.74) is 0.764. The lowest BCUT2D eigenvalue weighted by Gasteiger charge is -2.35. The summed E-state index contributed by atoms with van der Waals surface area (Å²) in [5, 5.41) is 3.16. The van der Waals surface area contributed by atoms with Crippen LogP contribution in [0.1, 0.15) is 21.5 Å². The number of para-hydroxylation sites is 1. The first-order valence-electron chi connectivity index (χ1n) is 12.8. The van der Waals surface area contributed by atoms with Gasteiger partial charge in [-0.05, 0) is 49.9 Å². The fraction of sp³-hybridized carbons (Fsp3) is 0.333. The molecule has 3 aromatic rings. The van der Waals surface area contributed by atoms with Crippen LogP contribution in [0.3, 0.4) is 0 Å². The van der Waals surface area contributed by atoms with Gasteiger partial charge in [0.2, 0.25) is 11.9 Å². The zero-order valence-electron chi connectivity index (χ0n) is 21.8. The first-order chi connectivity index (χ1) is 19.1. The lowest BCUT2D eigenvalue weighted by molar-refractivity contribution is -0.137. The summed E-state index contributed by atoms with van der Waals surface area (Å²) in [5.74, 6) is -1.77. The van der Waals surface area contributed by atoms with E-state index in [1.807, 2.05) is 25.1 Å². The van der Waals surface area contributed by atoms with Crippen molar-refractivity contribution in [3.05, 3.63) is 65.1 Å². The summed E-state index contributed by atoms with van der Waals surface area (Å²) in [4.78, 5) is 33.3. The molecule has 13 heteroatoms. The summed E-state index contributed by atoms with van der Waals surface area (Å²) in [7, 11) is 2.11. The summed E-state index contributed by atoms with van der Waals surface area (Å²) < 4.78 is 56.2.